The Morgan fingerprint density at radius 3 is 1.84 bits per heavy atom. The first-order valence-corrected chi connectivity index (χ1v) is 18.8. The molecule has 2 aromatic heterocycles. The molecule has 0 unspecified atom stereocenters. The molecule has 0 atom stereocenters. The van der Waals surface area contributed by atoms with E-state index in [-0.39, 0.29) is 0 Å². The summed E-state index contributed by atoms with van der Waals surface area (Å²) in [5, 5.41) is 7.11. The number of para-hydroxylation sites is 3. The van der Waals surface area contributed by atoms with Gasteiger partial charge >= 0.3 is 0 Å². The van der Waals surface area contributed by atoms with Crippen molar-refractivity contribution in [1.29, 1.82) is 0 Å². The molecule has 0 amide bonds. The van der Waals surface area contributed by atoms with Crippen molar-refractivity contribution < 1.29 is 4.42 Å². The highest BCUT2D eigenvalue weighted by atomic mass is 16.3. The molecular weight excluding hydrogens is 669 g/mol. The quantitative estimate of drug-likeness (QED) is 0.172. The van der Waals surface area contributed by atoms with Crippen molar-refractivity contribution in [1.82, 2.24) is 4.57 Å². The van der Waals surface area contributed by atoms with E-state index in [1.54, 1.807) is 0 Å². The van der Waals surface area contributed by atoms with Crippen molar-refractivity contribution in [2.24, 2.45) is 0 Å². The van der Waals surface area contributed by atoms with E-state index < -0.39 is 0 Å². The number of anilines is 3. The summed E-state index contributed by atoms with van der Waals surface area (Å²) in [6.45, 7) is 0. The van der Waals surface area contributed by atoms with Gasteiger partial charge in [-0.05, 0) is 99.8 Å². The molecule has 11 rings (SSSR count). The second kappa shape index (κ2) is 12.6. The van der Waals surface area contributed by atoms with Gasteiger partial charge in [0.1, 0.15) is 5.58 Å². The molecule has 3 nitrogen and oxygen atoms in total. The Hall–Kier alpha value is -7.36. The molecule has 9 aromatic carbocycles. The Kier molecular flexibility index (Phi) is 7.17. The summed E-state index contributed by atoms with van der Waals surface area (Å²) in [5.41, 5.74) is 13.2. The van der Waals surface area contributed by atoms with Crippen molar-refractivity contribution in [3.8, 4) is 27.9 Å². The highest BCUT2D eigenvalue weighted by molar-refractivity contribution is 6.12. The second-order valence-corrected chi connectivity index (χ2v) is 14.2. The summed E-state index contributed by atoms with van der Waals surface area (Å²) in [6.07, 6.45) is 0. The average Bonchev–Trinajstić information content (AvgIpc) is 3.80. The topological polar surface area (TPSA) is 21.3 Å². The fourth-order valence-electron chi connectivity index (χ4n) is 8.32. The molecule has 0 spiro atoms. The van der Waals surface area contributed by atoms with Crippen LogP contribution in [0.4, 0.5) is 17.1 Å². The standard InChI is InChI=1S/C52H34N2O/c1-2-11-35(12-3-1)37-21-29-42(30-22-37)54-48-18-8-6-15-44(48)47-34-40(26-32-49(47)54)38-23-27-41(28-24-38)53(43-31-25-36-13-4-5-14-39(36)33-43)50-19-10-17-46-45-16-7-9-20-51(45)55-52(46)50/h1-34H. The van der Waals surface area contributed by atoms with Gasteiger partial charge in [0.2, 0.25) is 0 Å². The van der Waals surface area contributed by atoms with Crippen LogP contribution >= 0.6 is 0 Å². The number of fused-ring (bicyclic) bond motifs is 7. The molecule has 0 aliphatic heterocycles. The van der Waals surface area contributed by atoms with Crippen LogP contribution < -0.4 is 4.90 Å². The number of aromatic nitrogens is 1. The number of hydrogen-bond donors (Lipinski definition) is 0. The van der Waals surface area contributed by atoms with E-state index in [0.29, 0.717) is 0 Å². The molecule has 0 aliphatic carbocycles. The van der Waals surface area contributed by atoms with Gasteiger partial charge in [-0.2, -0.15) is 0 Å². The van der Waals surface area contributed by atoms with Crippen LogP contribution in [0.3, 0.4) is 0 Å². The Labute approximate surface area is 318 Å². The van der Waals surface area contributed by atoms with Gasteiger partial charge in [-0.3, -0.25) is 0 Å². The van der Waals surface area contributed by atoms with Crippen LogP contribution in [-0.4, -0.2) is 4.57 Å². The van der Waals surface area contributed by atoms with Gasteiger partial charge < -0.3 is 13.9 Å². The molecule has 0 N–H and O–H groups in total. The molecule has 0 radical (unpaired) electrons. The molecule has 0 saturated heterocycles. The third-order valence-electron chi connectivity index (χ3n) is 11.0. The Morgan fingerprint density at radius 2 is 0.982 bits per heavy atom. The lowest BCUT2D eigenvalue weighted by Crippen LogP contribution is -2.10. The van der Waals surface area contributed by atoms with Gasteiger partial charge in [0.05, 0.1) is 16.7 Å². The third-order valence-corrected chi connectivity index (χ3v) is 11.0. The highest BCUT2D eigenvalue weighted by Crippen LogP contribution is 2.43. The van der Waals surface area contributed by atoms with Crippen molar-refractivity contribution in [2.75, 3.05) is 4.90 Å². The molecule has 0 aliphatic rings. The number of rotatable bonds is 6. The fraction of sp³-hybridized carbons (Fsp3) is 0. The van der Waals surface area contributed by atoms with Crippen molar-refractivity contribution in [2.45, 2.75) is 0 Å². The lowest BCUT2D eigenvalue weighted by atomic mass is 10.0. The zero-order chi connectivity index (χ0) is 36.3. The summed E-state index contributed by atoms with van der Waals surface area (Å²) >= 11 is 0. The largest absolute Gasteiger partial charge is 0.454 e. The van der Waals surface area contributed by atoms with Gasteiger partial charge in [0.15, 0.2) is 5.58 Å². The lowest BCUT2D eigenvalue weighted by molar-refractivity contribution is 0.669. The molecular formula is C52H34N2O. The molecule has 0 saturated carbocycles. The normalized spacial score (nSPS) is 11.6. The summed E-state index contributed by atoms with van der Waals surface area (Å²) in [7, 11) is 0. The minimum Gasteiger partial charge on any atom is -0.454 e. The zero-order valence-electron chi connectivity index (χ0n) is 29.9. The van der Waals surface area contributed by atoms with Crippen LogP contribution in [0.25, 0.3) is 82.5 Å². The van der Waals surface area contributed by atoms with Crippen LogP contribution in [-0.2, 0) is 0 Å². The number of furan rings is 1. The molecule has 55 heavy (non-hydrogen) atoms. The predicted molar refractivity (Wildman–Crippen MR) is 231 cm³/mol. The van der Waals surface area contributed by atoms with E-state index >= 15 is 0 Å². The van der Waals surface area contributed by atoms with E-state index in [9.17, 15) is 0 Å². The molecule has 258 valence electrons. The Balaban J connectivity index is 1.01. The summed E-state index contributed by atoms with van der Waals surface area (Å²) in [5.74, 6) is 0. The fourth-order valence-corrected chi connectivity index (χ4v) is 8.32. The van der Waals surface area contributed by atoms with Crippen LogP contribution in [0.15, 0.2) is 211 Å². The lowest BCUT2D eigenvalue weighted by Gasteiger charge is -2.26. The minimum atomic E-state index is 0.873. The zero-order valence-corrected chi connectivity index (χ0v) is 29.9. The van der Waals surface area contributed by atoms with Crippen LogP contribution in [0.5, 0.6) is 0 Å². The Morgan fingerprint density at radius 1 is 0.364 bits per heavy atom. The van der Waals surface area contributed by atoms with E-state index in [1.165, 1.54) is 49.3 Å². The molecule has 2 heterocycles. The second-order valence-electron chi connectivity index (χ2n) is 14.2. The number of hydrogen-bond acceptors (Lipinski definition) is 2. The van der Waals surface area contributed by atoms with Gasteiger partial charge in [-0.15, -0.1) is 0 Å². The monoisotopic (exact) mass is 702 g/mol. The Bertz CT molecular complexity index is 3190. The maximum atomic E-state index is 6.58. The summed E-state index contributed by atoms with van der Waals surface area (Å²) in [4.78, 5) is 2.32. The maximum absolute atomic E-state index is 6.58. The van der Waals surface area contributed by atoms with Gasteiger partial charge in [-0.25, -0.2) is 0 Å². The molecule has 11 aromatic rings. The van der Waals surface area contributed by atoms with Crippen LogP contribution in [0, 0.1) is 0 Å². The molecule has 0 bridgehead atoms. The van der Waals surface area contributed by atoms with Crippen LogP contribution in [0.1, 0.15) is 0 Å². The van der Waals surface area contributed by atoms with Crippen LogP contribution in [0.2, 0.25) is 0 Å². The minimum absolute atomic E-state index is 0.873. The maximum Gasteiger partial charge on any atom is 0.159 e. The summed E-state index contributed by atoms with van der Waals surface area (Å²) < 4.78 is 8.96. The van der Waals surface area contributed by atoms with E-state index in [0.717, 1.165) is 50.3 Å². The van der Waals surface area contributed by atoms with Gasteiger partial charge in [-0.1, -0.05) is 140 Å². The molecule has 3 heteroatoms. The first-order valence-electron chi connectivity index (χ1n) is 18.8. The number of benzene rings is 9. The average molecular weight is 703 g/mol. The van der Waals surface area contributed by atoms with Gasteiger partial charge in [0.25, 0.3) is 0 Å². The first kappa shape index (κ1) is 31.2. The summed E-state index contributed by atoms with van der Waals surface area (Å²) in [6, 6.07) is 73.9. The SMILES string of the molecule is c1ccc(-c2ccc(-n3c4ccccc4c4cc(-c5ccc(N(c6ccc7ccccc7c6)c6cccc7c6oc6ccccc67)cc5)ccc43)cc2)cc1. The smallest absolute Gasteiger partial charge is 0.159 e. The highest BCUT2D eigenvalue weighted by Gasteiger charge is 2.20. The molecule has 0 fully saturated rings. The number of nitrogens with zero attached hydrogens (tertiary/aromatic N) is 2. The van der Waals surface area contributed by atoms with Crippen molar-refractivity contribution in [3.05, 3.63) is 206 Å². The van der Waals surface area contributed by atoms with Gasteiger partial charge in [0, 0.05) is 38.6 Å². The van der Waals surface area contributed by atoms with E-state index in [1.807, 2.05) is 12.1 Å². The van der Waals surface area contributed by atoms with E-state index in [2.05, 4.69) is 204 Å². The predicted octanol–water partition coefficient (Wildman–Crippen LogP) is 14.6. The first-order chi connectivity index (χ1) is 27.3. The third kappa shape index (κ3) is 5.20. The van der Waals surface area contributed by atoms with E-state index in [4.69, 9.17) is 4.42 Å². The van der Waals surface area contributed by atoms with Crippen molar-refractivity contribution in [3.63, 3.8) is 0 Å². The van der Waals surface area contributed by atoms with Crippen molar-refractivity contribution >= 4 is 71.6 Å².